The number of nitrogens with zero attached hydrogens (tertiary/aromatic N) is 2. The molecule has 4 aromatic rings. The first-order valence-electron chi connectivity index (χ1n) is 13.7. The fraction of sp³-hybridized carbons (Fsp3) is 0.278. The van der Waals surface area contributed by atoms with E-state index in [-0.39, 0.29) is 18.8 Å². The molecule has 0 amide bonds. The van der Waals surface area contributed by atoms with Gasteiger partial charge in [-0.25, -0.2) is 4.79 Å². The van der Waals surface area contributed by atoms with Crippen LogP contribution in [0.25, 0.3) is 16.8 Å². The predicted molar refractivity (Wildman–Crippen MR) is 169 cm³/mol. The highest BCUT2D eigenvalue weighted by molar-refractivity contribution is 6.09. The molecule has 0 N–H and O–H groups in total. The minimum atomic E-state index is -0.317. The summed E-state index contributed by atoms with van der Waals surface area (Å²) < 4.78 is 7.31. The van der Waals surface area contributed by atoms with E-state index in [1.54, 1.807) is 0 Å². The summed E-state index contributed by atoms with van der Waals surface area (Å²) in [6.07, 6.45) is 4.51. The molecule has 0 aromatic heterocycles. The molecule has 0 radical (unpaired) electrons. The molecule has 4 aromatic carbocycles. The lowest BCUT2D eigenvalue weighted by Crippen LogP contribution is -2.27. The Labute approximate surface area is 239 Å². The Hall–Kier alpha value is -4.18. The van der Waals surface area contributed by atoms with Gasteiger partial charge in [-0.15, -0.1) is 0 Å². The summed E-state index contributed by atoms with van der Waals surface area (Å²) in [4.78, 5) is 14.3. The molecule has 0 saturated heterocycles. The molecule has 5 rings (SSSR count). The summed E-state index contributed by atoms with van der Waals surface area (Å²) in [7, 11) is 1.41. The van der Waals surface area contributed by atoms with Crippen LogP contribution >= 0.6 is 0 Å². The van der Waals surface area contributed by atoms with Gasteiger partial charge in [0.1, 0.15) is 0 Å². The number of hydrogen-bond donors (Lipinski definition) is 0. The number of ether oxygens (including phenoxy) is 1. The van der Waals surface area contributed by atoms with Gasteiger partial charge in [0.15, 0.2) is 12.3 Å². The van der Waals surface area contributed by atoms with Gasteiger partial charge in [0.2, 0.25) is 5.69 Å². The number of allylic oxidation sites excluding steroid dienone is 1. The number of carbonyl (C=O) groups excluding carboxylic acids is 1. The summed E-state index contributed by atoms with van der Waals surface area (Å²) in [5, 5.41) is 2.54. The van der Waals surface area contributed by atoms with Crippen molar-refractivity contribution >= 4 is 39.9 Å². The van der Waals surface area contributed by atoms with E-state index in [1.165, 1.54) is 46.1 Å². The van der Waals surface area contributed by atoms with E-state index in [2.05, 4.69) is 110 Å². The third-order valence-corrected chi connectivity index (χ3v) is 7.93. The van der Waals surface area contributed by atoms with Crippen molar-refractivity contribution in [2.75, 3.05) is 25.1 Å². The average molecular weight is 534 g/mol. The third kappa shape index (κ3) is 5.31. The highest BCUT2D eigenvalue weighted by Crippen LogP contribution is 2.44. The zero-order chi connectivity index (χ0) is 27.6. The number of benzene rings is 4. The van der Waals surface area contributed by atoms with Gasteiger partial charge in [-0.2, -0.15) is 4.58 Å². The Morgan fingerprint density at radius 3 is 2.20 bits per heavy atom. The lowest BCUT2D eigenvalue weighted by molar-refractivity contribution is -0.454. The molecule has 0 bridgehead atoms. The monoisotopic (exact) mass is 533 g/mol. The van der Waals surface area contributed by atoms with Crippen LogP contribution in [0.4, 0.5) is 11.4 Å². The van der Waals surface area contributed by atoms with Gasteiger partial charge in [0, 0.05) is 42.0 Å². The number of esters is 1. The smallest absolute Gasteiger partial charge is 0.337 e. The molecule has 1 heterocycles. The normalized spacial score (nSPS) is 13.8. The van der Waals surface area contributed by atoms with E-state index < -0.39 is 0 Å². The molecule has 0 saturated carbocycles. The van der Waals surface area contributed by atoms with Crippen molar-refractivity contribution in [3.8, 4) is 0 Å². The van der Waals surface area contributed by atoms with Crippen LogP contribution in [0.2, 0.25) is 0 Å². The van der Waals surface area contributed by atoms with E-state index in [9.17, 15) is 4.79 Å². The minimum Gasteiger partial charge on any atom is -0.465 e. The molecule has 40 heavy (non-hydrogen) atoms. The van der Waals surface area contributed by atoms with Gasteiger partial charge in [-0.05, 0) is 80.4 Å². The maximum Gasteiger partial charge on any atom is 0.337 e. The Balaban J connectivity index is 0.00000370. The van der Waals surface area contributed by atoms with Gasteiger partial charge < -0.3 is 9.64 Å². The van der Waals surface area contributed by atoms with Gasteiger partial charge in [0.05, 0.1) is 18.1 Å². The van der Waals surface area contributed by atoms with Crippen molar-refractivity contribution in [2.45, 2.75) is 47.1 Å². The van der Waals surface area contributed by atoms with Crippen LogP contribution in [-0.2, 0) is 16.7 Å². The molecule has 4 heteroatoms. The van der Waals surface area contributed by atoms with Gasteiger partial charge in [-0.1, -0.05) is 56.0 Å². The highest BCUT2D eigenvalue weighted by atomic mass is 16.5. The Kier molecular flexibility index (Phi) is 8.58. The van der Waals surface area contributed by atoms with Crippen LogP contribution in [-0.4, -0.2) is 36.5 Å². The number of anilines is 1. The molecule has 0 fully saturated rings. The quantitative estimate of drug-likeness (QED) is 0.168. The van der Waals surface area contributed by atoms with Gasteiger partial charge in [0.25, 0.3) is 0 Å². The van der Waals surface area contributed by atoms with Crippen molar-refractivity contribution in [1.29, 1.82) is 0 Å². The number of fused-ring (bicyclic) bond motifs is 3. The zero-order valence-electron chi connectivity index (χ0n) is 23.6. The van der Waals surface area contributed by atoms with Crippen LogP contribution < -0.4 is 4.90 Å². The van der Waals surface area contributed by atoms with E-state index >= 15 is 0 Å². The third-order valence-electron chi connectivity index (χ3n) is 7.93. The second kappa shape index (κ2) is 11.9. The Bertz CT molecular complexity index is 1560. The number of rotatable bonds is 8. The fourth-order valence-corrected chi connectivity index (χ4v) is 5.81. The van der Waals surface area contributed by atoms with Crippen LogP contribution in [0.1, 0.15) is 62.2 Å². The Morgan fingerprint density at radius 1 is 0.875 bits per heavy atom. The lowest BCUT2D eigenvalue weighted by atomic mass is 9.79. The van der Waals surface area contributed by atoms with Crippen LogP contribution in [0.3, 0.4) is 0 Å². The molecular formula is C36H41N2O2+. The summed E-state index contributed by atoms with van der Waals surface area (Å²) in [6.45, 7) is 11.7. The summed E-state index contributed by atoms with van der Waals surface area (Å²) in [5.74, 6) is -0.317. The van der Waals surface area contributed by atoms with Crippen molar-refractivity contribution in [3.63, 3.8) is 0 Å². The van der Waals surface area contributed by atoms with Crippen molar-refractivity contribution in [1.82, 2.24) is 0 Å². The number of methoxy groups -OCH3 is 1. The average Bonchev–Trinajstić information content (AvgIpc) is 3.18. The van der Waals surface area contributed by atoms with E-state index in [4.69, 9.17) is 4.74 Å². The Morgan fingerprint density at radius 2 is 1.55 bits per heavy atom. The van der Waals surface area contributed by atoms with Gasteiger partial charge >= 0.3 is 5.97 Å². The first-order chi connectivity index (χ1) is 18.9. The second-order valence-corrected chi connectivity index (χ2v) is 10.6. The van der Waals surface area contributed by atoms with Crippen molar-refractivity contribution in [3.05, 3.63) is 113 Å². The first kappa shape index (κ1) is 28.8. The molecule has 0 unspecified atom stereocenters. The molecule has 206 valence electrons. The largest absolute Gasteiger partial charge is 0.465 e. The van der Waals surface area contributed by atoms with E-state index in [0.29, 0.717) is 12.1 Å². The maximum atomic E-state index is 12.0. The fourth-order valence-electron chi connectivity index (χ4n) is 5.81. The molecule has 4 nitrogen and oxygen atoms in total. The van der Waals surface area contributed by atoms with Crippen LogP contribution in [0, 0.1) is 0 Å². The van der Waals surface area contributed by atoms with Crippen LogP contribution in [0.15, 0.2) is 91.0 Å². The number of hydrogen-bond acceptors (Lipinski definition) is 3. The zero-order valence-corrected chi connectivity index (χ0v) is 23.6. The molecule has 0 aliphatic carbocycles. The van der Waals surface area contributed by atoms with E-state index in [1.807, 2.05) is 24.3 Å². The van der Waals surface area contributed by atoms with Crippen LogP contribution in [0.5, 0.6) is 0 Å². The summed E-state index contributed by atoms with van der Waals surface area (Å²) in [5.41, 5.74) is 7.76. The predicted octanol–water partition coefficient (Wildman–Crippen LogP) is 8.40. The lowest BCUT2D eigenvalue weighted by Gasteiger charge is -2.20. The van der Waals surface area contributed by atoms with Gasteiger partial charge in [-0.3, -0.25) is 0 Å². The van der Waals surface area contributed by atoms with Crippen molar-refractivity contribution < 1.29 is 14.1 Å². The highest BCUT2D eigenvalue weighted by Gasteiger charge is 2.45. The first-order valence-corrected chi connectivity index (χ1v) is 13.7. The molecule has 0 atom stereocenters. The minimum absolute atomic E-state index is 0. The number of carbonyl (C=O) groups is 1. The maximum absolute atomic E-state index is 12.0. The molecule has 1 aliphatic rings. The molecule has 1 aliphatic heterocycles. The standard InChI is InChI=1S/C35H37N2O2.CH4/c1-6-36(7-2)29-20-14-25(15-21-29)16-23-32-35(3,4)33-30-11-9-8-10-27(30)19-22-31(33)37(32)24-26-12-17-28(18-13-26)34(38)39-5;/h8-23H,6-7,24H2,1-5H3;1H4/q+1;. The van der Waals surface area contributed by atoms with E-state index in [0.717, 1.165) is 18.7 Å². The van der Waals surface area contributed by atoms with Crippen molar-refractivity contribution in [2.24, 2.45) is 0 Å². The summed E-state index contributed by atoms with van der Waals surface area (Å²) in [6, 6.07) is 29.7. The second-order valence-electron chi connectivity index (χ2n) is 10.6. The SMILES string of the molecule is C.CCN(CC)c1ccc(/C=C/C2=[N+](Cc3ccc(C(=O)OC)cc3)c3ccc4ccccc4c3C2(C)C)cc1. The molecular weight excluding hydrogens is 492 g/mol. The summed E-state index contributed by atoms with van der Waals surface area (Å²) >= 11 is 0. The topological polar surface area (TPSA) is 32.5 Å². The molecule has 0 spiro atoms.